The van der Waals surface area contributed by atoms with E-state index in [-0.39, 0.29) is 12.4 Å². The third kappa shape index (κ3) is 2.78. The van der Waals surface area contributed by atoms with Crippen molar-refractivity contribution >= 4 is 40.7 Å². The number of nitrogens with one attached hydrogen (secondary N) is 1. The van der Waals surface area contributed by atoms with Gasteiger partial charge in [0.15, 0.2) is 5.65 Å². The van der Waals surface area contributed by atoms with Gasteiger partial charge < -0.3 is 4.90 Å². The minimum absolute atomic E-state index is 0. The number of thiazole rings is 1. The Morgan fingerprint density at radius 1 is 1.23 bits per heavy atom. The van der Waals surface area contributed by atoms with Gasteiger partial charge in [0.1, 0.15) is 5.01 Å². The first-order chi connectivity index (χ1) is 10.3. The Kier molecular flexibility index (Phi) is 4.26. The molecule has 8 heteroatoms. The van der Waals surface area contributed by atoms with E-state index in [1.807, 2.05) is 23.3 Å². The zero-order chi connectivity index (χ0) is 14.2. The van der Waals surface area contributed by atoms with Crippen molar-refractivity contribution in [2.45, 2.75) is 32.2 Å². The third-order valence-corrected chi connectivity index (χ3v) is 4.92. The highest BCUT2D eigenvalue weighted by Crippen LogP contribution is 2.27. The Morgan fingerprint density at radius 2 is 2.09 bits per heavy atom. The van der Waals surface area contributed by atoms with Crippen LogP contribution in [-0.2, 0) is 19.4 Å². The minimum atomic E-state index is 0. The topological polar surface area (TPSA) is 70.6 Å². The lowest BCUT2D eigenvalue weighted by Crippen LogP contribution is -2.19. The van der Waals surface area contributed by atoms with Crippen molar-refractivity contribution in [1.29, 1.82) is 0 Å². The van der Waals surface area contributed by atoms with E-state index in [1.54, 1.807) is 12.4 Å². The van der Waals surface area contributed by atoms with E-state index in [0.717, 1.165) is 29.0 Å². The molecule has 0 saturated heterocycles. The van der Waals surface area contributed by atoms with Gasteiger partial charge in [-0.25, -0.2) is 9.97 Å². The number of H-pyrrole nitrogens is 1. The van der Waals surface area contributed by atoms with Crippen molar-refractivity contribution < 1.29 is 0 Å². The molecule has 22 heavy (non-hydrogen) atoms. The Bertz CT molecular complexity index is 759. The van der Waals surface area contributed by atoms with Crippen LogP contribution < -0.4 is 4.90 Å². The molecular weight excluding hydrogens is 320 g/mol. The first-order valence-electron chi connectivity index (χ1n) is 7.14. The third-order valence-electron chi connectivity index (χ3n) is 3.78. The van der Waals surface area contributed by atoms with Crippen LogP contribution in [-0.4, -0.2) is 32.2 Å². The first kappa shape index (κ1) is 15.2. The number of rotatable bonds is 3. The summed E-state index contributed by atoms with van der Waals surface area (Å²) in [5.41, 5.74) is 2.07. The molecule has 3 aromatic heterocycles. The highest BCUT2D eigenvalue weighted by Gasteiger charge is 2.16. The molecule has 1 N–H and O–H groups in total. The van der Waals surface area contributed by atoms with Crippen molar-refractivity contribution in [2.75, 3.05) is 11.9 Å². The van der Waals surface area contributed by atoms with Gasteiger partial charge >= 0.3 is 0 Å². The smallest absolute Gasteiger partial charge is 0.227 e. The molecule has 3 aromatic rings. The van der Waals surface area contributed by atoms with Crippen molar-refractivity contribution in [3.63, 3.8) is 0 Å². The zero-order valence-corrected chi connectivity index (χ0v) is 13.9. The summed E-state index contributed by atoms with van der Waals surface area (Å²) < 4.78 is 0. The highest BCUT2D eigenvalue weighted by atomic mass is 35.5. The molecule has 3 heterocycles. The van der Waals surface area contributed by atoms with E-state index in [1.165, 1.54) is 29.8 Å². The lowest BCUT2D eigenvalue weighted by molar-refractivity contribution is 0.680. The Hall–Kier alpha value is -1.73. The van der Waals surface area contributed by atoms with E-state index < -0.39 is 0 Å². The fraction of sp³-hybridized carbons (Fsp3) is 0.429. The van der Waals surface area contributed by atoms with E-state index in [2.05, 4.69) is 20.2 Å². The van der Waals surface area contributed by atoms with Gasteiger partial charge in [-0.2, -0.15) is 10.1 Å². The monoisotopic (exact) mass is 336 g/mol. The fourth-order valence-corrected chi connectivity index (χ4v) is 3.87. The van der Waals surface area contributed by atoms with Gasteiger partial charge in [0.05, 0.1) is 23.8 Å². The predicted molar refractivity (Wildman–Crippen MR) is 89.8 cm³/mol. The van der Waals surface area contributed by atoms with Gasteiger partial charge in [-0.1, -0.05) is 0 Å². The van der Waals surface area contributed by atoms with Crippen LogP contribution in [0.4, 0.5) is 5.95 Å². The molecule has 4 rings (SSSR count). The summed E-state index contributed by atoms with van der Waals surface area (Å²) in [6.45, 7) is 0.747. The summed E-state index contributed by atoms with van der Waals surface area (Å²) in [6.07, 6.45) is 8.41. The summed E-state index contributed by atoms with van der Waals surface area (Å²) in [4.78, 5) is 17.1. The van der Waals surface area contributed by atoms with Gasteiger partial charge in [-0.3, -0.25) is 5.10 Å². The number of nitrogens with zero attached hydrogens (tertiary/aromatic N) is 5. The van der Waals surface area contributed by atoms with Crippen LogP contribution in [0.3, 0.4) is 0 Å². The average molecular weight is 337 g/mol. The fourth-order valence-electron chi connectivity index (χ4n) is 2.66. The molecule has 0 aliphatic heterocycles. The number of fused-ring (bicyclic) bond motifs is 2. The molecule has 0 saturated carbocycles. The summed E-state index contributed by atoms with van der Waals surface area (Å²) in [5, 5.41) is 8.93. The molecule has 0 radical (unpaired) electrons. The number of halogens is 1. The summed E-state index contributed by atoms with van der Waals surface area (Å²) in [5.74, 6) is 0.694. The number of anilines is 1. The number of aromatic amines is 1. The van der Waals surface area contributed by atoms with Gasteiger partial charge in [0.25, 0.3) is 0 Å². The minimum Gasteiger partial charge on any atom is -0.337 e. The molecule has 0 amide bonds. The van der Waals surface area contributed by atoms with Gasteiger partial charge in [0, 0.05) is 18.1 Å². The predicted octanol–water partition coefficient (Wildman–Crippen LogP) is 2.75. The lowest BCUT2D eigenvalue weighted by atomic mass is 10.0. The van der Waals surface area contributed by atoms with Gasteiger partial charge in [-0.05, 0) is 25.7 Å². The maximum atomic E-state index is 4.77. The molecule has 6 nitrogen and oxygen atoms in total. The summed E-state index contributed by atoms with van der Waals surface area (Å²) in [7, 11) is 2.00. The Morgan fingerprint density at radius 3 is 2.95 bits per heavy atom. The quantitative estimate of drug-likeness (QED) is 0.796. The van der Waals surface area contributed by atoms with Crippen LogP contribution in [0.2, 0.25) is 0 Å². The number of hydrogen-bond donors (Lipinski definition) is 1. The molecule has 0 bridgehead atoms. The maximum absolute atomic E-state index is 4.77. The standard InChI is InChI=1S/C14H16N6S.ClH/c1-20(14-15-6-9-7-16-19-13(9)18-14)8-12-17-10-4-2-3-5-11(10)21-12;/h6-7H,2-5,8H2,1H3,(H,15,16,18,19);1H. The second-order valence-electron chi connectivity index (χ2n) is 5.38. The largest absolute Gasteiger partial charge is 0.337 e. The van der Waals surface area contributed by atoms with Gasteiger partial charge in [0.2, 0.25) is 5.95 Å². The van der Waals surface area contributed by atoms with Crippen LogP contribution in [0.25, 0.3) is 11.0 Å². The average Bonchev–Trinajstić information content (AvgIpc) is 3.11. The zero-order valence-electron chi connectivity index (χ0n) is 12.2. The SMILES string of the molecule is CN(Cc1nc2c(s1)CCCC2)c1ncc2cn[nH]c2n1.Cl. The molecule has 1 aliphatic carbocycles. The number of aryl methyl sites for hydroxylation is 2. The molecule has 0 atom stereocenters. The molecule has 116 valence electrons. The molecule has 0 spiro atoms. The molecule has 0 unspecified atom stereocenters. The molecule has 1 aliphatic rings. The van der Waals surface area contributed by atoms with Crippen LogP contribution in [0.5, 0.6) is 0 Å². The number of hydrogen-bond acceptors (Lipinski definition) is 6. The molecule has 0 fully saturated rings. The summed E-state index contributed by atoms with van der Waals surface area (Å²) >= 11 is 1.84. The second kappa shape index (κ2) is 6.18. The van der Waals surface area contributed by atoms with Crippen molar-refractivity contribution in [2.24, 2.45) is 0 Å². The van der Waals surface area contributed by atoms with Crippen LogP contribution in [0, 0.1) is 0 Å². The van der Waals surface area contributed by atoms with E-state index >= 15 is 0 Å². The van der Waals surface area contributed by atoms with E-state index in [0.29, 0.717) is 5.95 Å². The first-order valence-corrected chi connectivity index (χ1v) is 7.96. The van der Waals surface area contributed by atoms with Crippen molar-refractivity contribution in [3.8, 4) is 0 Å². The van der Waals surface area contributed by atoms with E-state index in [4.69, 9.17) is 4.98 Å². The Balaban J connectivity index is 0.00000144. The maximum Gasteiger partial charge on any atom is 0.227 e. The highest BCUT2D eigenvalue weighted by molar-refractivity contribution is 7.11. The van der Waals surface area contributed by atoms with Crippen LogP contribution in [0.1, 0.15) is 28.4 Å². The summed E-state index contributed by atoms with van der Waals surface area (Å²) in [6, 6.07) is 0. The Labute approximate surface area is 138 Å². The van der Waals surface area contributed by atoms with E-state index in [9.17, 15) is 0 Å². The molecular formula is C14H17ClN6S. The van der Waals surface area contributed by atoms with Crippen LogP contribution >= 0.6 is 23.7 Å². The van der Waals surface area contributed by atoms with Crippen LogP contribution in [0.15, 0.2) is 12.4 Å². The number of aromatic nitrogens is 5. The van der Waals surface area contributed by atoms with Crippen molar-refractivity contribution in [3.05, 3.63) is 28.0 Å². The second-order valence-corrected chi connectivity index (χ2v) is 6.55. The molecule has 0 aromatic carbocycles. The lowest BCUT2D eigenvalue weighted by Gasteiger charge is -2.14. The van der Waals surface area contributed by atoms with Gasteiger partial charge in [-0.15, -0.1) is 23.7 Å². The normalized spacial score (nSPS) is 13.7. The van der Waals surface area contributed by atoms with Crippen molar-refractivity contribution in [1.82, 2.24) is 25.1 Å².